The predicted molar refractivity (Wildman–Crippen MR) is 81.8 cm³/mol. The first kappa shape index (κ1) is 16.3. The highest BCUT2D eigenvalue weighted by molar-refractivity contribution is 7.89. The lowest BCUT2D eigenvalue weighted by molar-refractivity contribution is 0.0784. The van der Waals surface area contributed by atoms with Crippen molar-refractivity contribution in [1.29, 1.82) is 0 Å². The SMILES string of the molecule is Cc1cc(C(=O)N2CC(C)C(C)C2)cc(S(N)(=O)=O)c1Cl. The molecular formula is C14H19ClN2O3S. The lowest BCUT2D eigenvalue weighted by Crippen LogP contribution is -2.29. The van der Waals surface area contributed by atoms with Gasteiger partial charge in [0, 0.05) is 18.7 Å². The summed E-state index contributed by atoms with van der Waals surface area (Å²) in [7, 11) is -3.96. The molecule has 0 spiro atoms. The molecule has 2 atom stereocenters. The Hall–Kier alpha value is -1.11. The third-order valence-electron chi connectivity index (χ3n) is 4.05. The molecule has 0 aliphatic carbocycles. The Morgan fingerprint density at radius 2 is 1.81 bits per heavy atom. The zero-order chi connectivity index (χ0) is 15.9. The van der Waals surface area contributed by atoms with Crippen LogP contribution in [0.1, 0.15) is 29.8 Å². The third-order valence-corrected chi connectivity index (χ3v) is 5.60. The Labute approximate surface area is 130 Å². The number of rotatable bonds is 2. The predicted octanol–water partition coefficient (Wildman–Crippen LogP) is 2.02. The van der Waals surface area contributed by atoms with E-state index >= 15 is 0 Å². The number of aryl methyl sites for hydroxylation is 1. The number of primary sulfonamides is 1. The van der Waals surface area contributed by atoms with Gasteiger partial charge in [0.2, 0.25) is 10.0 Å². The van der Waals surface area contributed by atoms with Gasteiger partial charge in [0.05, 0.1) is 5.02 Å². The number of nitrogens with zero attached hydrogens (tertiary/aromatic N) is 1. The van der Waals surface area contributed by atoms with Gasteiger partial charge in [-0.2, -0.15) is 0 Å². The first-order valence-corrected chi connectivity index (χ1v) is 8.66. The molecule has 1 aliphatic rings. The van der Waals surface area contributed by atoms with E-state index in [1.54, 1.807) is 17.9 Å². The summed E-state index contributed by atoms with van der Waals surface area (Å²) in [6.45, 7) is 7.20. The fraction of sp³-hybridized carbons (Fsp3) is 0.500. The van der Waals surface area contributed by atoms with Crippen molar-refractivity contribution in [3.63, 3.8) is 0 Å². The maximum absolute atomic E-state index is 12.5. The summed E-state index contributed by atoms with van der Waals surface area (Å²) in [5.41, 5.74) is 0.828. The molecule has 116 valence electrons. The van der Waals surface area contributed by atoms with Crippen LogP contribution >= 0.6 is 11.6 Å². The topological polar surface area (TPSA) is 80.5 Å². The Balaban J connectivity index is 2.42. The van der Waals surface area contributed by atoms with E-state index in [0.29, 0.717) is 36.1 Å². The van der Waals surface area contributed by atoms with Crippen LogP contribution in [0.3, 0.4) is 0 Å². The molecule has 2 unspecified atom stereocenters. The van der Waals surface area contributed by atoms with E-state index in [1.165, 1.54) is 6.07 Å². The number of carbonyl (C=O) groups is 1. The summed E-state index contributed by atoms with van der Waals surface area (Å²) in [6.07, 6.45) is 0. The van der Waals surface area contributed by atoms with Gasteiger partial charge in [-0.15, -0.1) is 0 Å². The van der Waals surface area contributed by atoms with Crippen LogP contribution < -0.4 is 5.14 Å². The third kappa shape index (κ3) is 3.22. The first-order chi connectivity index (χ1) is 9.61. The minimum Gasteiger partial charge on any atom is -0.338 e. The minimum absolute atomic E-state index is 0.0669. The second kappa shape index (κ2) is 5.59. The number of benzene rings is 1. The molecule has 1 saturated heterocycles. The Kier molecular flexibility index (Phi) is 4.33. The minimum atomic E-state index is -3.96. The van der Waals surface area contributed by atoms with Gasteiger partial charge in [0.15, 0.2) is 0 Å². The molecule has 2 rings (SSSR count). The molecule has 7 heteroatoms. The lowest BCUT2D eigenvalue weighted by Gasteiger charge is -2.17. The van der Waals surface area contributed by atoms with Crippen LogP contribution in [-0.4, -0.2) is 32.3 Å². The van der Waals surface area contributed by atoms with Gasteiger partial charge in [-0.25, -0.2) is 13.6 Å². The van der Waals surface area contributed by atoms with E-state index in [4.69, 9.17) is 16.7 Å². The summed E-state index contributed by atoms with van der Waals surface area (Å²) in [5.74, 6) is 0.677. The van der Waals surface area contributed by atoms with E-state index in [2.05, 4.69) is 13.8 Å². The zero-order valence-electron chi connectivity index (χ0n) is 12.3. The van der Waals surface area contributed by atoms with Gasteiger partial charge >= 0.3 is 0 Å². The van der Waals surface area contributed by atoms with Crippen LogP contribution in [0.25, 0.3) is 0 Å². The van der Waals surface area contributed by atoms with Crippen molar-refractivity contribution in [3.05, 3.63) is 28.3 Å². The van der Waals surface area contributed by atoms with Crippen molar-refractivity contribution < 1.29 is 13.2 Å². The Morgan fingerprint density at radius 3 is 2.29 bits per heavy atom. The standard InChI is InChI=1S/C14H19ClN2O3S/c1-8-4-11(5-12(13(8)15)21(16,19)20)14(18)17-6-9(2)10(3)7-17/h4-5,9-10H,6-7H2,1-3H3,(H2,16,19,20). The number of nitrogens with two attached hydrogens (primary N) is 1. The largest absolute Gasteiger partial charge is 0.338 e. The smallest absolute Gasteiger partial charge is 0.253 e. The highest BCUT2D eigenvalue weighted by atomic mass is 35.5. The highest BCUT2D eigenvalue weighted by Crippen LogP contribution is 2.28. The van der Waals surface area contributed by atoms with Crippen LogP contribution in [0, 0.1) is 18.8 Å². The maximum atomic E-state index is 12.5. The van der Waals surface area contributed by atoms with Gasteiger partial charge in [0.1, 0.15) is 4.90 Å². The molecule has 1 aliphatic heterocycles. The van der Waals surface area contributed by atoms with Crippen molar-refractivity contribution in [2.45, 2.75) is 25.7 Å². The maximum Gasteiger partial charge on any atom is 0.253 e. The molecule has 21 heavy (non-hydrogen) atoms. The number of carbonyl (C=O) groups excluding carboxylic acids is 1. The Bertz CT molecular complexity index is 678. The summed E-state index contributed by atoms with van der Waals surface area (Å²) in [6, 6.07) is 2.87. The second-order valence-electron chi connectivity index (χ2n) is 5.81. The summed E-state index contributed by atoms with van der Waals surface area (Å²) >= 11 is 5.98. The Morgan fingerprint density at radius 1 is 1.29 bits per heavy atom. The monoisotopic (exact) mass is 330 g/mol. The average molecular weight is 331 g/mol. The normalized spacial score (nSPS) is 22.6. The van der Waals surface area contributed by atoms with Crippen LogP contribution in [0.15, 0.2) is 17.0 Å². The molecule has 1 fully saturated rings. The van der Waals surface area contributed by atoms with Crippen LogP contribution in [0.4, 0.5) is 0 Å². The summed E-state index contributed by atoms with van der Waals surface area (Å²) in [4.78, 5) is 14.1. The number of likely N-dealkylation sites (tertiary alicyclic amines) is 1. The fourth-order valence-electron chi connectivity index (χ4n) is 2.55. The quantitative estimate of drug-likeness (QED) is 0.900. The highest BCUT2D eigenvalue weighted by Gasteiger charge is 2.30. The lowest BCUT2D eigenvalue weighted by atomic mass is 10.0. The van der Waals surface area contributed by atoms with E-state index in [9.17, 15) is 13.2 Å². The van der Waals surface area contributed by atoms with Gasteiger partial charge in [-0.3, -0.25) is 4.79 Å². The van der Waals surface area contributed by atoms with Crippen LogP contribution in [0.5, 0.6) is 0 Å². The number of amides is 1. The molecule has 1 aromatic carbocycles. The number of sulfonamides is 1. The molecule has 0 bridgehead atoms. The van der Waals surface area contributed by atoms with Crippen molar-refractivity contribution in [2.75, 3.05) is 13.1 Å². The van der Waals surface area contributed by atoms with E-state index < -0.39 is 10.0 Å². The molecule has 0 aromatic heterocycles. The van der Waals surface area contributed by atoms with Gasteiger partial charge < -0.3 is 4.90 Å². The van der Waals surface area contributed by atoms with E-state index in [1.807, 2.05) is 0 Å². The zero-order valence-corrected chi connectivity index (χ0v) is 13.8. The second-order valence-corrected chi connectivity index (χ2v) is 7.72. The first-order valence-electron chi connectivity index (χ1n) is 6.73. The summed E-state index contributed by atoms with van der Waals surface area (Å²) < 4.78 is 23.1. The van der Waals surface area contributed by atoms with Crippen molar-refractivity contribution in [1.82, 2.24) is 4.90 Å². The van der Waals surface area contributed by atoms with Gasteiger partial charge in [0.25, 0.3) is 5.91 Å². The average Bonchev–Trinajstić information content (AvgIpc) is 2.70. The van der Waals surface area contributed by atoms with Crippen molar-refractivity contribution in [3.8, 4) is 0 Å². The molecule has 5 nitrogen and oxygen atoms in total. The van der Waals surface area contributed by atoms with Gasteiger partial charge in [-0.1, -0.05) is 25.4 Å². The molecular weight excluding hydrogens is 312 g/mol. The molecule has 2 N–H and O–H groups in total. The summed E-state index contributed by atoms with van der Waals surface area (Å²) in [5, 5.41) is 5.22. The van der Waals surface area contributed by atoms with Gasteiger partial charge in [-0.05, 0) is 36.5 Å². The molecule has 0 saturated carbocycles. The molecule has 0 radical (unpaired) electrons. The molecule has 1 amide bonds. The fourth-order valence-corrected chi connectivity index (χ4v) is 3.68. The molecule has 1 heterocycles. The number of hydrogen-bond donors (Lipinski definition) is 1. The van der Waals surface area contributed by atoms with E-state index in [0.717, 1.165) is 0 Å². The number of halogens is 1. The molecule has 1 aromatic rings. The van der Waals surface area contributed by atoms with Crippen molar-refractivity contribution in [2.24, 2.45) is 17.0 Å². The van der Waals surface area contributed by atoms with Crippen LogP contribution in [0.2, 0.25) is 5.02 Å². The number of hydrogen-bond acceptors (Lipinski definition) is 3. The van der Waals surface area contributed by atoms with E-state index in [-0.39, 0.29) is 15.8 Å². The van der Waals surface area contributed by atoms with Crippen molar-refractivity contribution >= 4 is 27.5 Å². The van der Waals surface area contributed by atoms with Crippen LogP contribution in [-0.2, 0) is 10.0 Å².